The Morgan fingerprint density at radius 1 is 1.32 bits per heavy atom. The van der Waals surface area contributed by atoms with Crippen molar-refractivity contribution in [1.82, 2.24) is 5.32 Å². The van der Waals surface area contributed by atoms with Crippen molar-refractivity contribution in [2.24, 2.45) is 0 Å². The van der Waals surface area contributed by atoms with Gasteiger partial charge in [0.1, 0.15) is 11.3 Å². The third-order valence-electron chi connectivity index (χ3n) is 3.66. The highest BCUT2D eigenvalue weighted by atomic mass is 32.2. The second-order valence-corrected chi connectivity index (χ2v) is 7.17. The van der Waals surface area contributed by atoms with Crippen molar-refractivity contribution in [3.63, 3.8) is 0 Å². The number of para-hydroxylation sites is 1. The lowest BCUT2D eigenvalue weighted by molar-refractivity contribution is 0.434. The van der Waals surface area contributed by atoms with Crippen LogP contribution in [0.5, 0.6) is 0 Å². The molecule has 0 aliphatic carbocycles. The van der Waals surface area contributed by atoms with Gasteiger partial charge in [-0.25, -0.2) is 0 Å². The fraction of sp³-hybridized carbons (Fsp3) is 0.500. The zero-order valence-corrected chi connectivity index (χ0v) is 13.2. The number of thioether (sulfide) groups is 1. The van der Waals surface area contributed by atoms with E-state index in [1.54, 1.807) is 0 Å². The molecule has 0 radical (unpaired) electrons. The zero-order chi connectivity index (χ0) is 14.0. The summed E-state index contributed by atoms with van der Waals surface area (Å²) in [5.41, 5.74) is 2.23. The van der Waals surface area contributed by atoms with Crippen LogP contribution in [0.25, 0.3) is 11.0 Å². The van der Waals surface area contributed by atoms with E-state index in [4.69, 9.17) is 4.42 Å². The van der Waals surface area contributed by atoms with Crippen LogP contribution in [-0.4, -0.2) is 17.5 Å². The average Bonchev–Trinajstić information content (AvgIpc) is 2.74. The van der Waals surface area contributed by atoms with Crippen LogP contribution in [0.1, 0.15) is 38.1 Å². The van der Waals surface area contributed by atoms with Gasteiger partial charge in [0, 0.05) is 16.7 Å². The van der Waals surface area contributed by atoms with E-state index in [2.05, 4.69) is 51.4 Å². The predicted octanol–water partition coefficient (Wildman–Crippen LogP) is 4.53. The van der Waals surface area contributed by atoms with Gasteiger partial charge < -0.3 is 9.73 Å². The van der Waals surface area contributed by atoms with E-state index in [1.807, 2.05) is 23.9 Å². The highest BCUT2D eigenvalue weighted by Gasteiger charge is 2.20. The standard InChI is InChI=1S/C16H23NOS/c1-11-13-8-6-7-9-14(13)18-15(11)12(2)17-10-16(3,4)19-5/h6-9,12,17H,10H2,1-5H3. The van der Waals surface area contributed by atoms with Crippen molar-refractivity contribution in [3.05, 3.63) is 35.6 Å². The summed E-state index contributed by atoms with van der Waals surface area (Å²) in [4.78, 5) is 0. The maximum atomic E-state index is 5.99. The molecule has 2 nitrogen and oxygen atoms in total. The summed E-state index contributed by atoms with van der Waals surface area (Å²) in [5, 5.41) is 4.80. The van der Waals surface area contributed by atoms with Gasteiger partial charge in [-0.05, 0) is 45.6 Å². The number of aryl methyl sites for hydroxylation is 1. The summed E-state index contributed by atoms with van der Waals surface area (Å²) < 4.78 is 6.23. The van der Waals surface area contributed by atoms with E-state index in [9.17, 15) is 0 Å². The minimum absolute atomic E-state index is 0.235. The van der Waals surface area contributed by atoms with Crippen LogP contribution >= 0.6 is 11.8 Å². The van der Waals surface area contributed by atoms with Gasteiger partial charge in [-0.1, -0.05) is 18.2 Å². The van der Waals surface area contributed by atoms with Crippen molar-refractivity contribution in [1.29, 1.82) is 0 Å². The summed E-state index contributed by atoms with van der Waals surface area (Å²) in [6.45, 7) is 9.78. The number of hydrogen-bond acceptors (Lipinski definition) is 3. The lowest BCUT2D eigenvalue weighted by Crippen LogP contribution is -2.33. The number of fused-ring (bicyclic) bond motifs is 1. The molecule has 0 spiro atoms. The molecule has 0 saturated carbocycles. The first kappa shape index (κ1) is 14.5. The topological polar surface area (TPSA) is 25.2 Å². The van der Waals surface area contributed by atoms with Crippen molar-refractivity contribution >= 4 is 22.7 Å². The van der Waals surface area contributed by atoms with E-state index < -0.39 is 0 Å². The van der Waals surface area contributed by atoms with Crippen molar-refractivity contribution in [2.75, 3.05) is 12.8 Å². The van der Waals surface area contributed by atoms with Gasteiger partial charge >= 0.3 is 0 Å². The Balaban J connectivity index is 2.17. The van der Waals surface area contributed by atoms with Crippen LogP contribution in [-0.2, 0) is 0 Å². The molecule has 0 fully saturated rings. The van der Waals surface area contributed by atoms with Gasteiger partial charge in [0.25, 0.3) is 0 Å². The molecule has 0 aliphatic rings. The van der Waals surface area contributed by atoms with Gasteiger partial charge in [0.15, 0.2) is 0 Å². The van der Waals surface area contributed by atoms with E-state index in [0.717, 1.165) is 17.9 Å². The Labute approximate surface area is 119 Å². The molecule has 0 saturated heterocycles. The van der Waals surface area contributed by atoms with Crippen molar-refractivity contribution in [2.45, 2.75) is 38.5 Å². The molecule has 0 aliphatic heterocycles. The summed E-state index contributed by atoms with van der Waals surface area (Å²) in [7, 11) is 0. The molecule has 2 rings (SSSR count). The molecule has 1 aromatic carbocycles. The zero-order valence-electron chi connectivity index (χ0n) is 12.4. The first-order valence-electron chi connectivity index (χ1n) is 6.71. The first-order valence-corrected chi connectivity index (χ1v) is 7.93. The Kier molecular flexibility index (Phi) is 4.26. The fourth-order valence-corrected chi connectivity index (χ4v) is 2.40. The summed E-state index contributed by atoms with van der Waals surface area (Å²) in [6.07, 6.45) is 2.15. The Bertz CT molecular complexity index is 559. The predicted molar refractivity (Wildman–Crippen MR) is 85.0 cm³/mol. The normalized spacial score (nSPS) is 13.9. The van der Waals surface area contributed by atoms with Crippen LogP contribution in [0, 0.1) is 6.92 Å². The number of furan rings is 1. The lowest BCUT2D eigenvalue weighted by atomic mass is 10.1. The minimum atomic E-state index is 0.235. The van der Waals surface area contributed by atoms with Crippen LogP contribution in [0.4, 0.5) is 0 Å². The highest BCUT2D eigenvalue weighted by molar-refractivity contribution is 7.99. The molecule has 1 N–H and O–H groups in total. The SMILES string of the molecule is CSC(C)(C)CNC(C)c1oc2ccccc2c1C. The largest absolute Gasteiger partial charge is 0.459 e. The smallest absolute Gasteiger partial charge is 0.134 e. The molecule has 0 bridgehead atoms. The quantitative estimate of drug-likeness (QED) is 0.869. The number of benzene rings is 1. The molecule has 1 atom stereocenters. The molecule has 1 heterocycles. The van der Waals surface area contributed by atoms with Crippen molar-refractivity contribution in [3.8, 4) is 0 Å². The number of hydrogen-bond donors (Lipinski definition) is 1. The minimum Gasteiger partial charge on any atom is -0.459 e. The maximum absolute atomic E-state index is 5.99. The Morgan fingerprint density at radius 3 is 2.63 bits per heavy atom. The average molecular weight is 277 g/mol. The summed E-state index contributed by atoms with van der Waals surface area (Å²) in [6, 6.07) is 8.47. The second kappa shape index (κ2) is 5.59. The number of nitrogens with one attached hydrogen (secondary N) is 1. The maximum Gasteiger partial charge on any atom is 0.134 e. The summed E-state index contributed by atoms with van der Waals surface area (Å²) in [5.74, 6) is 1.05. The molecule has 3 heteroatoms. The third kappa shape index (κ3) is 3.15. The van der Waals surface area contributed by atoms with E-state index in [0.29, 0.717) is 0 Å². The van der Waals surface area contributed by atoms with Crippen LogP contribution in [0.2, 0.25) is 0 Å². The monoisotopic (exact) mass is 277 g/mol. The lowest BCUT2D eigenvalue weighted by Gasteiger charge is -2.24. The number of rotatable bonds is 5. The Hall–Kier alpha value is -0.930. The molecule has 1 unspecified atom stereocenters. The van der Waals surface area contributed by atoms with Gasteiger partial charge in [0.2, 0.25) is 0 Å². The van der Waals surface area contributed by atoms with Crippen LogP contribution in [0.3, 0.4) is 0 Å². The second-order valence-electron chi connectivity index (χ2n) is 5.65. The van der Waals surface area contributed by atoms with Gasteiger partial charge in [-0.3, -0.25) is 0 Å². The molecule has 1 aromatic heterocycles. The Morgan fingerprint density at radius 2 is 2.00 bits per heavy atom. The molecular weight excluding hydrogens is 254 g/mol. The van der Waals surface area contributed by atoms with E-state index in [-0.39, 0.29) is 10.8 Å². The van der Waals surface area contributed by atoms with Crippen LogP contribution < -0.4 is 5.32 Å². The van der Waals surface area contributed by atoms with Gasteiger partial charge in [-0.2, -0.15) is 11.8 Å². The molecule has 0 amide bonds. The van der Waals surface area contributed by atoms with Gasteiger partial charge in [0.05, 0.1) is 6.04 Å². The first-order chi connectivity index (χ1) is 8.94. The van der Waals surface area contributed by atoms with Crippen molar-refractivity contribution < 1.29 is 4.42 Å². The van der Waals surface area contributed by atoms with E-state index in [1.165, 1.54) is 10.9 Å². The molecule has 19 heavy (non-hydrogen) atoms. The summed E-state index contributed by atoms with van der Waals surface area (Å²) >= 11 is 1.88. The van der Waals surface area contributed by atoms with Crippen LogP contribution in [0.15, 0.2) is 28.7 Å². The van der Waals surface area contributed by atoms with E-state index >= 15 is 0 Å². The third-order valence-corrected chi connectivity index (χ3v) is 4.91. The molecule has 104 valence electrons. The molecule has 2 aromatic rings. The van der Waals surface area contributed by atoms with Gasteiger partial charge in [-0.15, -0.1) is 0 Å². The highest BCUT2D eigenvalue weighted by Crippen LogP contribution is 2.29. The molecular formula is C16H23NOS. The fourth-order valence-electron chi connectivity index (χ4n) is 2.17.